The fourth-order valence-electron chi connectivity index (χ4n) is 4.60. The summed E-state index contributed by atoms with van der Waals surface area (Å²) in [5, 5.41) is 13.8. The standard InChI is InChI=1S/C19H21N3O3S.2C2HF3O2/c23-26(24)19-16(11-22(26)15-4-2-1-3-5-15)17-12-21(13-18(19)25-17)10-14-6-8-20-9-7-14;2*3-2(4,5)1(6)7/h1-9,16-19H,10-13H2;2*(H,6,7). The number of carboxylic acid groups (broad SMARTS) is 2. The zero-order valence-corrected chi connectivity index (χ0v) is 21.1. The highest BCUT2D eigenvalue weighted by Gasteiger charge is 2.60. The van der Waals surface area contributed by atoms with Crippen molar-refractivity contribution in [2.24, 2.45) is 5.92 Å². The molecule has 1 aromatic carbocycles. The van der Waals surface area contributed by atoms with Crippen LogP contribution in [0.25, 0.3) is 0 Å². The summed E-state index contributed by atoms with van der Waals surface area (Å²) in [5.74, 6) is -5.48. The van der Waals surface area contributed by atoms with Gasteiger partial charge in [-0.2, -0.15) is 26.3 Å². The summed E-state index contributed by atoms with van der Waals surface area (Å²) in [7, 11) is -3.40. The molecule has 0 spiro atoms. The minimum atomic E-state index is -5.08. The number of aromatic nitrogens is 1. The van der Waals surface area contributed by atoms with Crippen LogP contribution in [0.5, 0.6) is 0 Å². The monoisotopic (exact) mass is 599 g/mol. The Morgan fingerprint density at radius 1 is 0.875 bits per heavy atom. The molecule has 5 rings (SSSR count). The van der Waals surface area contributed by atoms with Crippen molar-refractivity contribution >= 4 is 27.6 Å². The molecule has 4 heterocycles. The number of morpholine rings is 1. The van der Waals surface area contributed by atoms with Crippen molar-refractivity contribution in [2.45, 2.75) is 36.4 Å². The summed E-state index contributed by atoms with van der Waals surface area (Å²) in [6, 6.07) is 13.4. The molecule has 3 aliphatic rings. The Hall–Kier alpha value is -3.44. The SMILES string of the molecule is O=C(O)C(F)(F)F.O=C(O)C(F)(F)F.O=S1(=O)C2C3CN(Cc4ccncc4)CC(O3)C2CN1c1ccccc1. The molecule has 3 fully saturated rings. The molecular weight excluding hydrogens is 576 g/mol. The van der Waals surface area contributed by atoms with E-state index in [1.54, 1.807) is 16.7 Å². The molecule has 1 aromatic heterocycles. The number of para-hydroxylation sites is 1. The summed E-state index contributed by atoms with van der Waals surface area (Å²) in [4.78, 5) is 24.2. The van der Waals surface area contributed by atoms with Gasteiger partial charge in [-0.1, -0.05) is 18.2 Å². The van der Waals surface area contributed by atoms with Crippen LogP contribution >= 0.6 is 0 Å². The lowest BCUT2D eigenvalue weighted by Gasteiger charge is -2.34. The van der Waals surface area contributed by atoms with Crippen LogP contribution in [0.15, 0.2) is 54.9 Å². The Morgan fingerprint density at radius 2 is 1.38 bits per heavy atom. The first-order valence-corrected chi connectivity index (χ1v) is 13.0. The second-order valence-electron chi connectivity index (χ2n) is 8.91. The van der Waals surface area contributed by atoms with Gasteiger partial charge in [0.15, 0.2) is 0 Å². The van der Waals surface area contributed by atoms with E-state index in [0.29, 0.717) is 13.1 Å². The van der Waals surface area contributed by atoms with Gasteiger partial charge in [0.1, 0.15) is 5.25 Å². The van der Waals surface area contributed by atoms with E-state index in [9.17, 15) is 34.8 Å². The molecule has 0 aliphatic carbocycles. The number of anilines is 1. The van der Waals surface area contributed by atoms with Crippen LogP contribution in [0.1, 0.15) is 5.56 Å². The Bertz CT molecular complexity index is 1260. The number of ether oxygens (including phenoxy) is 1. The number of pyridine rings is 1. The van der Waals surface area contributed by atoms with Gasteiger partial charge in [-0.3, -0.25) is 14.2 Å². The molecule has 0 saturated carbocycles. The van der Waals surface area contributed by atoms with Gasteiger partial charge in [0.05, 0.1) is 17.9 Å². The van der Waals surface area contributed by atoms with Gasteiger partial charge >= 0.3 is 24.3 Å². The van der Waals surface area contributed by atoms with Gasteiger partial charge < -0.3 is 14.9 Å². The fourth-order valence-corrected chi connectivity index (χ4v) is 6.92. The van der Waals surface area contributed by atoms with Gasteiger partial charge in [0.25, 0.3) is 0 Å². The Morgan fingerprint density at radius 3 is 1.88 bits per heavy atom. The van der Waals surface area contributed by atoms with Gasteiger partial charge in [0.2, 0.25) is 10.0 Å². The summed E-state index contributed by atoms with van der Waals surface area (Å²) in [5.41, 5.74) is 1.95. The van der Waals surface area contributed by atoms with Crippen molar-refractivity contribution in [3.63, 3.8) is 0 Å². The Labute approximate surface area is 223 Å². The minimum absolute atomic E-state index is 0.0240. The number of fused-ring (bicyclic) bond motifs is 5. The second kappa shape index (κ2) is 12.0. The predicted molar refractivity (Wildman–Crippen MR) is 126 cm³/mol. The predicted octanol–water partition coefficient (Wildman–Crippen LogP) is 2.77. The molecule has 4 atom stereocenters. The van der Waals surface area contributed by atoms with Crippen molar-refractivity contribution in [1.29, 1.82) is 0 Å². The minimum Gasteiger partial charge on any atom is -0.475 e. The third-order valence-corrected chi connectivity index (χ3v) is 8.52. The number of halogens is 6. The first kappa shape index (κ1) is 31.1. The van der Waals surface area contributed by atoms with Gasteiger partial charge in [-0.05, 0) is 29.8 Å². The molecule has 3 aliphatic heterocycles. The molecule has 0 amide bonds. The average molecular weight is 600 g/mol. The lowest BCUT2D eigenvalue weighted by molar-refractivity contribution is -0.193. The maximum Gasteiger partial charge on any atom is 0.490 e. The number of hydrogen-bond acceptors (Lipinski definition) is 7. The number of nitrogens with zero attached hydrogens (tertiary/aromatic N) is 3. The van der Waals surface area contributed by atoms with E-state index in [0.717, 1.165) is 18.8 Å². The van der Waals surface area contributed by atoms with Crippen LogP contribution in [-0.2, 0) is 30.9 Å². The normalized spacial score (nSPS) is 25.1. The fraction of sp³-hybridized carbons (Fsp3) is 0.435. The van der Waals surface area contributed by atoms with E-state index in [-0.39, 0.29) is 18.1 Å². The molecule has 4 unspecified atom stereocenters. The third kappa shape index (κ3) is 7.39. The summed E-state index contributed by atoms with van der Waals surface area (Å²) in [6.07, 6.45) is -6.86. The molecule has 2 bridgehead atoms. The molecular formula is C23H23F6N3O7S. The van der Waals surface area contributed by atoms with Crippen molar-refractivity contribution < 1.29 is 59.3 Å². The lowest BCUT2D eigenvalue weighted by Crippen LogP contribution is -2.47. The van der Waals surface area contributed by atoms with Crippen LogP contribution in [0.4, 0.5) is 32.0 Å². The summed E-state index contributed by atoms with van der Waals surface area (Å²) in [6.45, 7) is 2.75. The highest BCUT2D eigenvalue weighted by molar-refractivity contribution is 7.93. The zero-order chi connectivity index (χ0) is 29.9. The largest absolute Gasteiger partial charge is 0.490 e. The number of carbonyl (C=O) groups is 2. The topological polar surface area (TPSA) is 137 Å². The maximum atomic E-state index is 13.2. The molecule has 0 radical (unpaired) electrons. The number of benzene rings is 1. The molecule has 3 saturated heterocycles. The van der Waals surface area contributed by atoms with E-state index in [4.69, 9.17) is 24.5 Å². The summed E-state index contributed by atoms with van der Waals surface area (Å²) < 4.78 is 97.6. The van der Waals surface area contributed by atoms with E-state index < -0.39 is 39.6 Å². The van der Waals surface area contributed by atoms with Crippen LogP contribution in [0.3, 0.4) is 0 Å². The van der Waals surface area contributed by atoms with Crippen molar-refractivity contribution in [3.05, 3.63) is 60.4 Å². The third-order valence-electron chi connectivity index (χ3n) is 6.20. The summed E-state index contributed by atoms with van der Waals surface area (Å²) >= 11 is 0. The quantitative estimate of drug-likeness (QED) is 0.511. The van der Waals surface area contributed by atoms with Crippen LogP contribution in [0, 0.1) is 5.92 Å². The number of sulfonamides is 1. The van der Waals surface area contributed by atoms with Gasteiger partial charge in [-0.25, -0.2) is 18.0 Å². The molecule has 2 N–H and O–H groups in total. The first-order chi connectivity index (χ1) is 18.5. The molecule has 40 heavy (non-hydrogen) atoms. The van der Waals surface area contributed by atoms with E-state index >= 15 is 0 Å². The van der Waals surface area contributed by atoms with E-state index in [2.05, 4.69) is 9.88 Å². The van der Waals surface area contributed by atoms with E-state index in [1.807, 2.05) is 42.5 Å². The number of carboxylic acids is 2. The Kier molecular flexibility index (Phi) is 9.31. The number of hydrogen-bond donors (Lipinski definition) is 2. The van der Waals surface area contributed by atoms with Crippen molar-refractivity contribution in [3.8, 4) is 0 Å². The number of alkyl halides is 6. The Balaban J connectivity index is 0.000000263. The van der Waals surface area contributed by atoms with Crippen LogP contribution in [-0.4, -0.2) is 89.9 Å². The molecule has 17 heteroatoms. The highest BCUT2D eigenvalue weighted by atomic mass is 32.2. The van der Waals surface area contributed by atoms with Crippen molar-refractivity contribution in [1.82, 2.24) is 9.88 Å². The highest BCUT2D eigenvalue weighted by Crippen LogP contribution is 2.44. The maximum absolute atomic E-state index is 13.2. The lowest BCUT2D eigenvalue weighted by atomic mass is 10.00. The molecule has 10 nitrogen and oxygen atoms in total. The first-order valence-electron chi connectivity index (χ1n) is 11.5. The number of rotatable bonds is 3. The zero-order valence-electron chi connectivity index (χ0n) is 20.3. The average Bonchev–Trinajstić information content (AvgIpc) is 3.30. The van der Waals surface area contributed by atoms with E-state index in [1.165, 1.54) is 5.56 Å². The van der Waals surface area contributed by atoms with Crippen LogP contribution < -0.4 is 4.31 Å². The van der Waals surface area contributed by atoms with Crippen LogP contribution in [0.2, 0.25) is 0 Å². The van der Waals surface area contributed by atoms with Gasteiger partial charge in [0, 0.05) is 44.5 Å². The smallest absolute Gasteiger partial charge is 0.475 e. The molecule has 220 valence electrons. The second-order valence-corrected chi connectivity index (χ2v) is 10.9. The van der Waals surface area contributed by atoms with Crippen molar-refractivity contribution in [2.75, 3.05) is 23.9 Å². The number of aliphatic carboxylic acids is 2. The molecule has 2 aromatic rings. The number of likely N-dealkylation sites (tertiary alicyclic amines) is 1. The van der Waals surface area contributed by atoms with Gasteiger partial charge in [-0.15, -0.1) is 0 Å².